The smallest absolute Gasteiger partial charge is 0.256 e. The van der Waals surface area contributed by atoms with E-state index < -0.39 is 21.2 Å². The highest BCUT2D eigenvalue weighted by atomic mass is 32.2. The summed E-state index contributed by atoms with van der Waals surface area (Å²) in [5.41, 5.74) is 1.20. The molecule has 0 radical (unpaired) electrons. The summed E-state index contributed by atoms with van der Waals surface area (Å²) in [6.07, 6.45) is 1.74. The number of rotatable bonds is 10. The SMILES string of the molecule is CCN(CC)S(=O)(=O)c1scc(N(C)c2n[s+]([O-])nc2N[C@@H](c2cc(C(C)(C)C)co2)C(C)C)c1O. The van der Waals surface area contributed by atoms with E-state index in [2.05, 4.69) is 34.8 Å². The maximum Gasteiger partial charge on any atom is 0.256 e. The number of nitrogens with one attached hydrogen (secondary N) is 1. The second-order valence-corrected chi connectivity index (χ2v) is 13.7. The second-order valence-electron chi connectivity index (χ2n) is 9.84. The Balaban J connectivity index is 1.97. The van der Waals surface area contributed by atoms with Crippen LogP contribution in [0.5, 0.6) is 5.75 Å². The van der Waals surface area contributed by atoms with Gasteiger partial charge in [0.15, 0.2) is 21.1 Å². The first-order valence-corrected chi connectivity index (χ1v) is 15.1. The molecule has 2 atom stereocenters. The minimum absolute atomic E-state index is 0.0812. The summed E-state index contributed by atoms with van der Waals surface area (Å²) in [6.45, 7) is 14.4. The molecule has 1 unspecified atom stereocenters. The summed E-state index contributed by atoms with van der Waals surface area (Å²) in [5, 5.41) is 15.7. The van der Waals surface area contributed by atoms with Crippen LogP contribution < -0.4 is 10.2 Å². The van der Waals surface area contributed by atoms with E-state index in [-0.39, 0.29) is 57.7 Å². The van der Waals surface area contributed by atoms with Gasteiger partial charge >= 0.3 is 0 Å². The van der Waals surface area contributed by atoms with Crippen molar-refractivity contribution in [3.63, 3.8) is 0 Å². The van der Waals surface area contributed by atoms with E-state index >= 15 is 0 Å². The Morgan fingerprint density at radius 2 is 1.89 bits per heavy atom. The Hall–Kier alpha value is -2.19. The zero-order chi connectivity index (χ0) is 27.0. The number of aromatic hydroxyl groups is 1. The standard InChI is InChI=1S/C23H35N5O5S3/c1-9-28(10-2)36(31,32)22-19(29)16(13-34-22)27(8)21-20(25-35(30)26-21)24-18(14(3)4)17-11-15(12-33-17)23(5,6)7/h11-14,18,29H,9-10H2,1-8H3,(H,24,25)/t18-,35?/m1/s1. The van der Waals surface area contributed by atoms with Gasteiger partial charge in [-0.3, -0.25) is 0 Å². The molecule has 3 rings (SSSR count). The maximum atomic E-state index is 13.0. The lowest BCUT2D eigenvalue weighted by atomic mass is 9.88. The fourth-order valence-electron chi connectivity index (χ4n) is 3.73. The number of sulfonamides is 1. The summed E-state index contributed by atoms with van der Waals surface area (Å²) in [6, 6.07) is 1.71. The van der Waals surface area contributed by atoms with Gasteiger partial charge in [-0.1, -0.05) is 48.5 Å². The van der Waals surface area contributed by atoms with Crippen molar-refractivity contribution in [1.29, 1.82) is 0 Å². The average Bonchev–Trinajstić information content (AvgIpc) is 3.50. The Bertz CT molecular complexity index is 1290. The van der Waals surface area contributed by atoms with Crippen LogP contribution in [0.25, 0.3) is 0 Å². The lowest BCUT2D eigenvalue weighted by Crippen LogP contribution is -2.30. The molecule has 2 N–H and O–H groups in total. The van der Waals surface area contributed by atoms with Gasteiger partial charge in [0.2, 0.25) is 11.6 Å². The van der Waals surface area contributed by atoms with E-state index in [4.69, 9.17) is 4.42 Å². The first kappa shape index (κ1) is 28.4. The third-order valence-corrected chi connectivity index (χ3v) is 10.2. The molecular formula is C23H35N5O5S3. The van der Waals surface area contributed by atoms with Crippen molar-refractivity contribution in [3.8, 4) is 5.75 Å². The summed E-state index contributed by atoms with van der Waals surface area (Å²) < 4.78 is 53.5. The number of nitrogens with zero attached hydrogens (tertiary/aromatic N) is 4. The van der Waals surface area contributed by atoms with Crippen LogP contribution in [0, 0.1) is 5.92 Å². The minimum Gasteiger partial charge on any atom is -0.546 e. The largest absolute Gasteiger partial charge is 0.546 e. The molecule has 36 heavy (non-hydrogen) atoms. The van der Waals surface area contributed by atoms with E-state index in [0.717, 1.165) is 16.9 Å². The van der Waals surface area contributed by atoms with Crippen LogP contribution in [0.4, 0.5) is 17.3 Å². The van der Waals surface area contributed by atoms with Gasteiger partial charge < -0.3 is 24.3 Å². The van der Waals surface area contributed by atoms with Gasteiger partial charge in [0.05, 0.1) is 18.0 Å². The van der Waals surface area contributed by atoms with Crippen LogP contribution >= 0.6 is 22.5 Å². The summed E-state index contributed by atoms with van der Waals surface area (Å²) in [5.74, 6) is 0.912. The molecule has 13 heteroatoms. The highest BCUT2D eigenvalue weighted by molar-refractivity contribution is 7.91. The molecule has 10 nitrogen and oxygen atoms in total. The molecule has 0 bridgehead atoms. The van der Waals surface area contributed by atoms with Crippen molar-refractivity contribution in [2.75, 3.05) is 30.4 Å². The van der Waals surface area contributed by atoms with Crippen molar-refractivity contribution in [2.24, 2.45) is 5.92 Å². The monoisotopic (exact) mass is 557 g/mol. The van der Waals surface area contributed by atoms with Crippen LogP contribution in [-0.4, -0.2) is 51.3 Å². The maximum absolute atomic E-state index is 13.0. The second kappa shape index (κ2) is 10.7. The predicted octanol–water partition coefficient (Wildman–Crippen LogP) is 5.47. The Labute approximate surface area is 220 Å². The molecule has 200 valence electrons. The zero-order valence-electron chi connectivity index (χ0n) is 21.9. The molecule has 0 spiro atoms. The molecule has 0 saturated carbocycles. The molecule has 3 heterocycles. The van der Waals surface area contributed by atoms with Crippen LogP contribution in [0.3, 0.4) is 0 Å². The fourth-order valence-corrected chi connectivity index (χ4v) is 7.33. The van der Waals surface area contributed by atoms with Gasteiger partial charge in [-0.05, 0) is 23.0 Å². The average molecular weight is 558 g/mol. The first-order chi connectivity index (χ1) is 16.7. The van der Waals surface area contributed by atoms with Gasteiger partial charge in [-0.25, -0.2) is 8.42 Å². The number of anilines is 3. The molecule has 0 aliphatic heterocycles. The van der Waals surface area contributed by atoms with Crippen LogP contribution in [0.1, 0.15) is 65.8 Å². The van der Waals surface area contributed by atoms with Crippen LogP contribution in [-0.2, 0) is 15.4 Å². The highest BCUT2D eigenvalue weighted by Gasteiger charge is 2.33. The number of hydrogen-bond acceptors (Lipinski definition) is 10. The van der Waals surface area contributed by atoms with Gasteiger partial charge in [0.1, 0.15) is 5.76 Å². The summed E-state index contributed by atoms with van der Waals surface area (Å²) in [7, 11) is -2.24. The molecule has 0 saturated heterocycles. The highest BCUT2D eigenvalue weighted by Crippen LogP contribution is 2.45. The minimum atomic E-state index is -3.85. The third kappa shape index (κ3) is 5.54. The van der Waals surface area contributed by atoms with E-state index in [1.54, 1.807) is 27.2 Å². The number of furan rings is 1. The molecule has 0 amide bonds. The molecule has 0 aromatic carbocycles. The number of aromatic nitrogens is 2. The first-order valence-electron chi connectivity index (χ1n) is 11.7. The summed E-state index contributed by atoms with van der Waals surface area (Å²) >= 11 is -0.938. The normalized spacial score (nSPS) is 14.0. The Kier molecular flexibility index (Phi) is 8.40. The van der Waals surface area contributed by atoms with Crippen LogP contribution in [0.15, 0.2) is 26.3 Å². The van der Waals surface area contributed by atoms with E-state index in [0.29, 0.717) is 5.76 Å². The number of hydrogen-bond donors (Lipinski definition) is 2. The van der Waals surface area contributed by atoms with Crippen molar-refractivity contribution < 1.29 is 22.5 Å². The van der Waals surface area contributed by atoms with Gasteiger partial charge in [-0.2, -0.15) is 4.31 Å². The Morgan fingerprint density at radius 1 is 1.25 bits per heavy atom. The van der Waals surface area contributed by atoms with Gasteiger partial charge in [-0.15, -0.1) is 11.3 Å². The predicted molar refractivity (Wildman–Crippen MR) is 143 cm³/mol. The molecule has 0 aliphatic rings. The van der Waals surface area contributed by atoms with Gasteiger partial charge in [0.25, 0.3) is 10.0 Å². The van der Waals surface area contributed by atoms with E-state index in [1.165, 1.54) is 14.6 Å². The topological polar surface area (TPSA) is 135 Å². The van der Waals surface area contributed by atoms with E-state index in [9.17, 15) is 18.1 Å². The summed E-state index contributed by atoms with van der Waals surface area (Å²) in [4.78, 5) is 1.49. The van der Waals surface area contributed by atoms with E-state index in [1.807, 2.05) is 19.9 Å². The Morgan fingerprint density at radius 3 is 2.42 bits per heavy atom. The number of thiophene rings is 1. The zero-order valence-corrected chi connectivity index (χ0v) is 24.3. The lowest BCUT2D eigenvalue weighted by molar-refractivity contribution is 0.419. The van der Waals surface area contributed by atoms with Crippen molar-refractivity contribution in [3.05, 3.63) is 29.0 Å². The lowest BCUT2D eigenvalue weighted by Gasteiger charge is -2.22. The molecule has 3 aromatic heterocycles. The molecule has 0 fully saturated rings. The van der Waals surface area contributed by atoms with Crippen molar-refractivity contribution in [1.82, 2.24) is 13.1 Å². The van der Waals surface area contributed by atoms with Gasteiger partial charge in [0, 0.05) is 34.3 Å². The fraction of sp³-hybridized carbons (Fsp3) is 0.565. The molecular weight excluding hydrogens is 522 g/mol. The van der Waals surface area contributed by atoms with Crippen LogP contribution in [0.2, 0.25) is 0 Å². The van der Waals surface area contributed by atoms with Crippen molar-refractivity contribution in [2.45, 2.75) is 64.1 Å². The third-order valence-electron chi connectivity index (χ3n) is 5.97. The quantitative estimate of drug-likeness (QED) is 0.311. The molecule has 0 aliphatic carbocycles. The molecule has 3 aromatic rings. The van der Waals surface area contributed by atoms with Crippen molar-refractivity contribution >= 4 is 49.8 Å².